The number of hydrogen-bond donors (Lipinski definition) is 1. The molecule has 1 saturated carbocycles. The Morgan fingerprint density at radius 1 is 1.28 bits per heavy atom. The molecule has 2 aromatic heterocycles. The number of fused-ring (bicyclic) bond motifs is 1. The molecule has 0 amide bonds. The minimum absolute atomic E-state index is 0.368. The summed E-state index contributed by atoms with van der Waals surface area (Å²) in [7, 11) is 0. The van der Waals surface area contributed by atoms with E-state index < -0.39 is 0 Å². The van der Waals surface area contributed by atoms with Crippen molar-refractivity contribution in [2.24, 2.45) is 0 Å². The fourth-order valence-electron chi connectivity index (χ4n) is 3.98. The van der Waals surface area contributed by atoms with Crippen molar-refractivity contribution in [2.45, 2.75) is 38.1 Å². The molecule has 29 heavy (non-hydrogen) atoms. The summed E-state index contributed by atoms with van der Waals surface area (Å²) in [5.74, 6) is 0.836. The third-order valence-electron chi connectivity index (χ3n) is 5.50. The van der Waals surface area contributed by atoms with E-state index in [0.717, 1.165) is 59.5 Å². The van der Waals surface area contributed by atoms with Crippen LogP contribution in [0.2, 0.25) is 5.02 Å². The number of anilines is 1. The van der Waals surface area contributed by atoms with Crippen molar-refractivity contribution >= 4 is 39.0 Å². The van der Waals surface area contributed by atoms with Crippen LogP contribution in [0.4, 0.5) is 10.2 Å². The van der Waals surface area contributed by atoms with Crippen molar-refractivity contribution in [1.82, 2.24) is 19.5 Å². The average Bonchev–Trinajstić information content (AvgIpc) is 3.39. The Hall–Kier alpha value is -1.70. The van der Waals surface area contributed by atoms with Crippen molar-refractivity contribution < 1.29 is 4.39 Å². The molecule has 0 aliphatic heterocycles. The van der Waals surface area contributed by atoms with Gasteiger partial charge in [-0.3, -0.25) is 4.90 Å². The van der Waals surface area contributed by atoms with E-state index >= 15 is 0 Å². The maximum atomic E-state index is 13.4. The van der Waals surface area contributed by atoms with Gasteiger partial charge < -0.3 is 5.32 Å². The summed E-state index contributed by atoms with van der Waals surface area (Å²) in [5.41, 5.74) is 2.38. The quantitative estimate of drug-likeness (QED) is 0.328. The van der Waals surface area contributed by atoms with Gasteiger partial charge in [0, 0.05) is 35.8 Å². The van der Waals surface area contributed by atoms with Gasteiger partial charge in [0.2, 0.25) is 0 Å². The highest BCUT2D eigenvalue weighted by molar-refractivity contribution is 9.10. The molecule has 3 aromatic rings. The van der Waals surface area contributed by atoms with Crippen molar-refractivity contribution in [3.63, 3.8) is 0 Å². The maximum Gasteiger partial charge on any atom is 0.172 e. The summed E-state index contributed by atoms with van der Waals surface area (Å²) >= 11 is 9.90. The first-order valence-corrected chi connectivity index (χ1v) is 11.2. The molecule has 2 heterocycles. The normalized spacial score (nSPS) is 14.9. The first-order chi connectivity index (χ1) is 14.2. The van der Waals surface area contributed by atoms with Crippen LogP contribution in [0.1, 0.15) is 32.1 Å². The third kappa shape index (κ3) is 4.57. The van der Waals surface area contributed by atoms with Crippen molar-refractivity contribution in [1.29, 1.82) is 0 Å². The standard InChI is InChI=1S/C21H24BrClFN5/c22-17-13-26-29-20(25-10-5-11-28(14-24)15-6-1-2-7-15)12-19(27-21(17)29)16-8-3-4-9-18(16)23/h3-4,8-9,12-13,15,25H,1-2,5-7,10-11,14H2. The molecule has 154 valence electrons. The van der Waals surface area contributed by atoms with Crippen LogP contribution in [0.3, 0.4) is 0 Å². The number of hydrogen-bond acceptors (Lipinski definition) is 4. The molecule has 0 bridgehead atoms. The molecular formula is C21H24BrClFN5. The van der Waals surface area contributed by atoms with Gasteiger partial charge in [-0.2, -0.15) is 9.61 Å². The lowest BCUT2D eigenvalue weighted by Crippen LogP contribution is -2.34. The molecule has 4 rings (SSSR count). The topological polar surface area (TPSA) is 45.5 Å². The highest BCUT2D eigenvalue weighted by Crippen LogP contribution is 2.30. The number of nitrogens with one attached hydrogen (secondary N) is 1. The van der Waals surface area contributed by atoms with E-state index in [1.165, 1.54) is 12.8 Å². The summed E-state index contributed by atoms with van der Waals surface area (Å²) in [4.78, 5) is 6.69. The molecular weight excluding hydrogens is 457 g/mol. The van der Waals surface area contributed by atoms with Crippen LogP contribution >= 0.6 is 27.5 Å². The third-order valence-corrected chi connectivity index (χ3v) is 6.39. The lowest BCUT2D eigenvalue weighted by atomic mass is 10.1. The van der Waals surface area contributed by atoms with E-state index in [9.17, 15) is 4.39 Å². The molecule has 1 aromatic carbocycles. The van der Waals surface area contributed by atoms with E-state index in [4.69, 9.17) is 16.6 Å². The van der Waals surface area contributed by atoms with Gasteiger partial charge in [0.15, 0.2) is 5.65 Å². The molecule has 0 spiro atoms. The van der Waals surface area contributed by atoms with E-state index in [-0.39, 0.29) is 6.80 Å². The van der Waals surface area contributed by atoms with Crippen LogP contribution in [0.5, 0.6) is 0 Å². The fourth-order valence-corrected chi connectivity index (χ4v) is 4.56. The molecule has 0 atom stereocenters. The summed E-state index contributed by atoms with van der Waals surface area (Å²) in [6, 6.07) is 10.0. The SMILES string of the molecule is FCN(CCCNc1cc(-c2ccccc2Cl)nc2c(Br)cnn12)C1CCCC1. The minimum Gasteiger partial charge on any atom is -0.370 e. The Morgan fingerprint density at radius 3 is 2.83 bits per heavy atom. The monoisotopic (exact) mass is 479 g/mol. The van der Waals surface area contributed by atoms with E-state index in [2.05, 4.69) is 26.3 Å². The van der Waals surface area contributed by atoms with Crippen LogP contribution < -0.4 is 5.32 Å². The fraction of sp³-hybridized carbons (Fsp3) is 0.429. The smallest absolute Gasteiger partial charge is 0.172 e. The molecule has 1 aliphatic carbocycles. The Bertz CT molecular complexity index is 973. The van der Waals surface area contributed by atoms with Gasteiger partial charge in [-0.05, 0) is 41.3 Å². The van der Waals surface area contributed by atoms with Gasteiger partial charge in [-0.1, -0.05) is 42.6 Å². The average molecular weight is 481 g/mol. The van der Waals surface area contributed by atoms with E-state index in [1.54, 1.807) is 10.7 Å². The maximum absolute atomic E-state index is 13.4. The highest BCUT2D eigenvalue weighted by Gasteiger charge is 2.21. The molecule has 5 nitrogen and oxygen atoms in total. The number of benzene rings is 1. The van der Waals surface area contributed by atoms with E-state index in [1.807, 2.05) is 35.2 Å². The molecule has 1 N–H and O–H groups in total. The molecule has 1 fully saturated rings. The number of halogens is 3. The minimum atomic E-state index is -0.368. The predicted molar refractivity (Wildman–Crippen MR) is 119 cm³/mol. The van der Waals surface area contributed by atoms with Crippen molar-refractivity contribution in [3.8, 4) is 11.3 Å². The summed E-state index contributed by atoms with van der Waals surface area (Å²) in [6.07, 6.45) is 7.25. The number of nitrogens with zero attached hydrogens (tertiary/aromatic N) is 4. The first-order valence-electron chi connectivity index (χ1n) is 10.0. The van der Waals surface area contributed by atoms with Crippen LogP contribution in [-0.4, -0.2) is 45.4 Å². The molecule has 0 saturated heterocycles. The zero-order valence-corrected chi connectivity index (χ0v) is 18.5. The number of alkyl halides is 1. The zero-order chi connectivity index (χ0) is 20.2. The molecule has 1 aliphatic rings. The van der Waals surface area contributed by atoms with E-state index in [0.29, 0.717) is 11.1 Å². The summed E-state index contributed by atoms with van der Waals surface area (Å²) in [5, 5.41) is 8.51. The van der Waals surface area contributed by atoms with Crippen LogP contribution in [0.25, 0.3) is 16.9 Å². The van der Waals surface area contributed by atoms with Gasteiger partial charge in [0.05, 0.1) is 16.4 Å². The zero-order valence-electron chi connectivity index (χ0n) is 16.1. The number of rotatable bonds is 8. The molecule has 0 unspecified atom stereocenters. The second kappa shape index (κ2) is 9.41. The van der Waals surface area contributed by atoms with Crippen molar-refractivity contribution in [3.05, 3.63) is 46.0 Å². The lowest BCUT2D eigenvalue weighted by molar-refractivity contribution is 0.130. The second-order valence-corrected chi connectivity index (χ2v) is 8.65. The van der Waals surface area contributed by atoms with Crippen LogP contribution in [-0.2, 0) is 0 Å². The van der Waals surface area contributed by atoms with Gasteiger partial charge in [-0.25, -0.2) is 9.37 Å². The molecule has 8 heteroatoms. The Labute approximate surface area is 183 Å². The highest BCUT2D eigenvalue weighted by atomic mass is 79.9. The summed E-state index contributed by atoms with van der Waals surface area (Å²) < 4.78 is 16.0. The second-order valence-electron chi connectivity index (χ2n) is 7.38. The van der Waals surface area contributed by atoms with Gasteiger partial charge in [-0.15, -0.1) is 0 Å². The predicted octanol–water partition coefficient (Wildman–Crippen LogP) is 5.79. The van der Waals surface area contributed by atoms with Crippen molar-refractivity contribution in [2.75, 3.05) is 25.2 Å². The Kier molecular flexibility index (Phi) is 6.67. The largest absolute Gasteiger partial charge is 0.370 e. The summed E-state index contributed by atoms with van der Waals surface area (Å²) in [6.45, 7) is 1.11. The van der Waals surface area contributed by atoms with Gasteiger partial charge in [0.25, 0.3) is 0 Å². The Balaban J connectivity index is 1.50. The molecule has 0 radical (unpaired) electrons. The first kappa shape index (κ1) is 20.6. The van der Waals surface area contributed by atoms with Crippen LogP contribution in [0.15, 0.2) is 41.0 Å². The lowest BCUT2D eigenvalue weighted by Gasteiger charge is -2.25. The van der Waals surface area contributed by atoms with Gasteiger partial charge >= 0.3 is 0 Å². The Morgan fingerprint density at radius 2 is 2.07 bits per heavy atom. The van der Waals surface area contributed by atoms with Gasteiger partial charge in [0.1, 0.15) is 12.6 Å². The van der Waals surface area contributed by atoms with Crippen LogP contribution in [0, 0.1) is 0 Å². The number of aromatic nitrogens is 3.